The summed E-state index contributed by atoms with van der Waals surface area (Å²) >= 11 is 0. The summed E-state index contributed by atoms with van der Waals surface area (Å²) in [6.07, 6.45) is 2.21. The largest absolute Gasteiger partial charge is 0.386 e. The molecule has 3 rings (SSSR count). The van der Waals surface area contributed by atoms with Gasteiger partial charge < -0.3 is 10.0 Å². The van der Waals surface area contributed by atoms with Crippen molar-refractivity contribution in [2.75, 3.05) is 13.1 Å². The van der Waals surface area contributed by atoms with Crippen LogP contribution in [0.15, 0.2) is 12.3 Å². The van der Waals surface area contributed by atoms with E-state index in [-0.39, 0.29) is 5.91 Å². The van der Waals surface area contributed by atoms with Crippen LogP contribution in [0, 0.1) is 13.8 Å². The molecule has 0 radical (unpaired) electrons. The Hall–Kier alpha value is -1.95. The summed E-state index contributed by atoms with van der Waals surface area (Å²) in [5, 5.41) is 14.2. The van der Waals surface area contributed by atoms with Crippen molar-refractivity contribution in [3.63, 3.8) is 0 Å². The van der Waals surface area contributed by atoms with Gasteiger partial charge in [-0.05, 0) is 26.3 Å². The van der Waals surface area contributed by atoms with Crippen LogP contribution >= 0.6 is 0 Å². The second-order valence-electron chi connectivity index (χ2n) is 5.57. The predicted octanol–water partition coefficient (Wildman–Crippen LogP) is 0.943. The smallest absolute Gasteiger partial charge is 0.259 e. The number of amides is 1. The number of rotatable bonds is 2. The lowest BCUT2D eigenvalue weighted by Gasteiger charge is -2.45. The monoisotopic (exact) mass is 274 g/mol. The van der Waals surface area contributed by atoms with Gasteiger partial charge in [0.15, 0.2) is 5.65 Å². The lowest BCUT2D eigenvalue weighted by molar-refractivity contribution is -0.0826. The lowest BCUT2D eigenvalue weighted by atomic mass is 9.91. The summed E-state index contributed by atoms with van der Waals surface area (Å²) in [5.41, 5.74) is 2.16. The molecule has 2 aromatic heterocycles. The first-order valence-corrected chi connectivity index (χ1v) is 6.77. The molecular weight excluding hydrogens is 256 g/mol. The molecule has 1 amide bonds. The van der Waals surface area contributed by atoms with Crippen LogP contribution in [0.25, 0.3) is 5.65 Å². The van der Waals surface area contributed by atoms with Crippen molar-refractivity contribution in [1.29, 1.82) is 0 Å². The number of aliphatic hydroxyl groups is 1. The number of aryl methyl sites for hydroxylation is 2. The van der Waals surface area contributed by atoms with Gasteiger partial charge in [0, 0.05) is 11.4 Å². The highest BCUT2D eigenvalue weighted by Gasteiger charge is 2.42. The number of carbonyl (C=O) groups is 1. The first kappa shape index (κ1) is 13.1. The predicted molar refractivity (Wildman–Crippen MR) is 73.6 cm³/mol. The van der Waals surface area contributed by atoms with Crippen molar-refractivity contribution in [1.82, 2.24) is 19.5 Å². The second-order valence-corrected chi connectivity index (χ2v) is 5.57. The molecule has 0 aromatic carbocycles. The average molecular weight is 274 g/mol. The first-order chi connectivity index (χ1) is 9.43. The maximum Gasteiger partial charge on any atom is 0.259 e. The van der Waals surface area contributed by atoms with Gasteiger partial charge >= 0.3 is 0 Å². The summed E-state index contributed by atoms with van der Waals surface area (Å²) in [7, 11) is 0. The van der Waals surface area contributed by atoms with Crippen molar-refractivity contribution in [3.05, 3.63) is 29.2 Å². The van der Waals surface area contributed by atoms with Gasteiger partial charge in [-0.25, -0.2) is 9.50 Å². The first-order valence-electron chi connectivity index (χ1n) is 6.77. The van der Waals surface area contributed by atoms with E-state index in [9.17, 15) is 9.90 Å². The molecule has 20 heavy (non-hydrogen) atoms. The zero-order valence-corrected chi connectivity index (χ0v) is 11.9. The molecule has 2 aromatic rings. The molecule has 1 aliphatic rings. The molecule has 1 fully saturated rings. The SMILES string of the molecule is CCC1(O)CN(C(=O)c2cnn3c(C)cc(C)nc23)C1. The van der Waals surface area contributed by atoms with Crippen molar-refractivity contribution < 1.29 is 9.90 Å². The van der Waals surface area contributed by atoms with Gasteiger partial charge in [0.2, 0.25) is 0 Å². The number of hydrogen-bond donors (Lipinski definition) is 1. The molecule has 0 atom stereocenters. The third-order valence-corrected chi connectivity index (χ3v) is 3.92. The lowest BCUT2D eigenvalue weighted by Crippen LogP contribution is -2.63. The highest BCUT2D eigenvalue weighted by atomic mass is 16.3. The summed E-state index contributed by atoms with van der Waals surface area (Å²) < 4.78 is 1.67. The molecule has 1 N–H and O–H groups in total. The maximum atomic E-state index is 12.4. The highest BCUT2D eigenvalue weighted by molar-refractivity contribution is 6.00. The number of nitrogens with zero attached hydrogens (tertiary/aromatic N) is 4. The summed E-state index contributed by atoms with van der Waals surface area (Å²) in [6, 6.07) is 1.92. The van der Waals surface area contributed by atoms with E-state index in [0.29, 0.717) is 30.7 Å². The molecule has 1 aliphatic heterocycles. The van der Waals surface area contributed by atoms with Crippen LogP contribution in [0.4, 0.5) is 0 Å². The van der Waals surface area contributed by atoms with E-state index in [1.165, 1.54) is 0 Å². The Morgan fingerprint density at radius 2 is 2.15 bits per heavy atom. The third-order valence-electron chi connectivity index (χ3n) is 3.92. The van der Waals surface area contributed by atoms with E-state index in [4.69, 9.17) is 0 Å². The van der Waals surface area contributed by atoms with E-state index in [1.54, 1.807) is 15.6 Å². The van der Waals surface area contributed by atoms with Crippen molar-refractivity contribution >= 4 is 11.6 Å². The zero-order chi connectivity index (χ0) is 14.5. The standard InChI is InChI=1S/C14H18N4O2/c1-4-14(20)7-17(8-14)13(19)11-6-15-18-10(3)5-9(2)16-12(11)18/h5-6,20H,4,7-8H2,1-3H3. The Morgan fingerprint density at radius 3 is 2.80 bits per heavy atom. The minimum atomic E-state index is -0.724. The van der Waals surface area contributed by atoms with E-state index in [2.05, 4.69) is 10.1 Å². The van der Waals surface area contributed by atoms with Gasteiger partial charge in [0.1, 0.15) is 5.56 Å². The van der Waals surface area contributed by atoms with Gasteiger partial charge in [-0.15, -0.1) is 0 Å². The number of fused-ring (bicyclic) bond motifs is 1. The number of β-amino-alcohol motifs (C(OH)–C–C–N with tert-alkyl or cyclic N) is 1. The van der Waals surface area contributed by atoms with E-state index < -0.39 is 5.60 Å². The minimum absolute atomic E-state index is 0.115. The molecule has 0 spiro atoms. The van der Waals surface area contributed by atoms with Gasteiger partial charge in [0.05, 0.1) is 24.9 Å². The van der Waals surface area contributed by atoms with Crippen LogP contribution in [-0.4, -0.2) is 49.2 Å². The molecule has 6 heteroatoms. The quantitative estimate of drug-likeness (QED) is 0.885. The Balaban J connectivity index is 1.94. The van der Waals surface area contributed by atoms with Crippen LogP contribution in [0.3, 0.4) is 0 Å². The van der Waals surface area contributed by atoms with Crippen LogP contribution in [0.5, 0.6) is 0 Å². The Bertz CT molecular complexity index is 686. The third kappa shape index (κ3) is 1.87. The summed E-state index contributed by atoms with van der Waals surface area (Å²) in [4.78, 5) is 18.5. The second kappa shape index (κ2) is 4.28. The summed E-state index contributed by atoms with van der Waals surface area (Å²) in [6.45, 7) is 6.51. The Morgan fingerprint density at radius 1 is 1.45 bits per heavy atom. The van der Waals surface area contributed by atoms with Crippen molar-refractivity contribution in [3.8, 4) is 0 Å². The van der Waals surface area contributed by atoms with E-state index >= 15 is 0 Å². The average Bonchev–Trinajstić information content (AvgIpc) is 2.78. The van der Waals surface area contributed by atoms with Crippen LogP contribution in [0.1, 0.15) is 35.1 Å². The van der Waals surface area contributed by atoms with Gasteiger partial charge in [-0.1, -0.05) is 6.92 Å². The fourth-order valence-corrected chi connectivity index (χ4v) is 2.62. The van der Waals surface area contributed by atoms with Gasteiger partial charge in [-0.2, -0.15) is 5.10 Å². The van der Waals surface area contributed by atoms with E-state index in [0.717, 1.165) is 11.4 Å². The van der Waals surface area contributed by atoms with Crippen LogP contribution in [0.2, 0.25) is 0 Å². The fourth-order valence-electron chi connectivity index (χ4n) is 2.62. The van der Waals surface area contributed by atoms with Crippen molar-refractivity contribution in [2.24, 2.45) is 0 Å². The molecule has 0 bridgehead atoms. The molecule has 106 valence electrons. The fraction of sp³-hybridized carbons (Fsp3) is 0.500. The van der Waals surface area contributed by atoms with Gasteiger partial charge in [-0.3, -0.25) is 4.79 Å². The normalized spacial score (nSPS) is 17.3. The number of likely N-dealkylation sites (tertiary alicyclic amines) is 1. The Kier molecular flexibility index (Phi) is 2.79. The molecule has 3 heterocycles. The number of aromatic nitrogens is 3. The maximum absolute atomic E-state index is 12.4. The summed E-state index contributed by atoms with van der Waals surface area (Å²) in [5.74, 6) is -0.115. The van der Waals surface area contributed by atoms with E-state index in [1.807, 2.05) is 26.8 Å². The number of hydrogen-bond acceptors (Lipinski definition) is 4. The molecule has 0 aliphatic carbocycles. The molecular formula is C14H18N4O2. The zero-order valence-electron chi connectivity index (χ0n) is 11.9. The van der Waals surface area contributed by atoms with Crippen molar-refractivity contribution in [2.45, 2.75) is 32.8 Å². The highest BCUT2D eigenvalue weighted by Crippen LogP contribution is 2.26. The topological polar surface area (TPSA) is 70.7 Å². The van der Waals surface area contributed by atoms with Crippen LogP contribution in [-0.2, 0) is 0 Å². The Labute approximate surface area is 117 Å². The minimum Gasteiger partial charge on any atom is -0.386 e. The van der Waals surface area contributed by atoms with Crippen LogP contribution < -0.4 is 0 Å². The molecule has 0 saturated carbocycles. The van der Waals surface area contributed by atoms with Gasteiger partial charge in [0.25, 0.3) is 5.91 Å². The molecule has 6 nitrogen and oxygen atoms in total. The molecule has 0 unspecified atom stereocenters. The molecule has 1 saturated heterocycles. The number of carbonyl (C=O) groups excluding carboxylic acids is 1.